The standard InChI is InChI=1S/C12H10F2O2S/c13-12(14,6-5-11(15)16)9-7-17-10-4-2-1-3-8(9)10/h1-4,7H,5-6H2,(H,15,16). The highest BCUT2D eigenvalue weighted by atomic mass is 32.1. The van der Waals surface area contributed by atoms with Crippen molar-refractivity contribution in [1.29, 1.82) is 0 Å². The third-order valence-electron chi connectivity index (χ3n) is 2.53. The van der Waals surface area contributed by atoms with Gasteiger partial charge in [0.25, 0.3) is 5.92 Å². The van der Waals surface area contributed by atoms with Crippen molar-refractivity contribution in [3.05, 3.63) is 35.2 Å². The number of fused-ring (bicyclic) bond motifs is 1. The van der Waals surface area contributed by atoms with Crippen LogP contribution in [0.1, 0.15) is 18.4 Å². The SMILES string of the molecule is O=C(O)CCC(F)(F)c1csc2ccccc12. The maximum Gasteiger partial charge on any atom is 0.303 e. The van der Waals surface area contributed by atoms with Crippen LogP contribution in [0.25, 0.3) is 10.1 Å². The number of aliphatic carboxylic acids is 1. The summed E-state index contributed by atoms with van der Waals surface area (Å²) in [6, 6.07) is 6.90. The second kappa shape index (κ2) is 4.41. The third-order valence-corrected chi connectivity index (χ3v) is 3.49. The maximum atomic E-state index is 13.8. The molecule has 0 saturated carbocycles. The molecule has 0 atom stereocenters. The highest BCUT2D eigenvalue weighted by Gasteiger charge is 2.34. The molecule has 0 fully saturated rings. The molecule has 1 heterocycles. The number of carboxylic acids is 1. The number of rotatable bonds is 4. The summed E-state index contributed by atoms with van der Waals surface area (Å²) >= 11 is 1.25. The first-order chi connectivity index (χ1) is 8.00. The average molecular weight is 256 g/mol. The molecule has 0 spiro atoms. The van der Waals surface area contributed by atoms with Crippen molar-refractivity contribution in [2.45, 2.75) is 18.8 Å². The van der Waals surface area contributed by atoms with E-state index < -0.39 is 24.7 Å². The van der Waals surface area contributed by atoms with Gasteiger partial charge in [-0.2, -0.15) is 0 Å². The smallest absolute Gasteiger partial charge is 0.303 e. The summed E-state index contributed by atoms with van der Waals surface area (Å²) in [5.41, 5.74) is -0.0700. The predicted octanol–water partition coefficient (Wildman–Crippen LogP) is 3.86. The quantitative estimate of drug-likeness (QED) is 0.901. The Morgan fingerprint density at radius 1 is 1.35 bits per heavy atom. The third kappa shape index (κ3) is 2.44. The Morgan fingerprint density at radius 2 is 2.06 bits per heavy atom. The van der Waals surface area contributed by atoms with Crippen molar-refractivity contribution < 1.29 is 18.7 Å². The Bertz CT molecular complexity index is 548. The Balaban J connectivity index is 2.35. The first-order valence-corrected chi connectivity index (χ1v) is 5.95. The molecule has 2 rings (SSSR count). The van der Waals surface area contributed by atoms with Gasteiger partial charge in [-0.1, -0.05) is 18.2 Å². The van der Waals surface area contributed by atoms with Crippen LogP contribution in [0, 0.1) is 0 Å². The van der Waals surface area contributed by atoms with Crippen molar-refractivity contribution >= 4 is 27.4 Å². The largest absolute Gasteiger partial charge is 0.481 e. The maximum absolute atomic E-state index is 13.8. The molecular weight excluding hydrogens is 246 g/mol. The van der Waals surface area contributed by atoms with E-state index >= 15 is 0 Å². The summed E-state index contributed by atoms with van der Waals surface area (Å²) in [5, 5.41) is 10.4. The van der Waals surface area contributed by atoms with Crippen LogP contribution in [0.15, 0.2) is 29.6 Å². The molecule has 17 heavy (non-hydrogen) atoms. The zero-order valence-corrected chi connectivity index (χ0v) is 9.64. The van der Waals surface area contributed by atoms with Crippen molar-refractivity contribution in [2.24, 2.45) is 0 Å². The van der Waals surface area contributed by atoms with Gasteiger partial charge >= 0.3 is 5.97 Å². The van der Waals surface area contributed by atoms with Crippen molar-refractivity contribution in [2.75, 3.05) is 0 Å². The van der Waals surface area contributed by atoms with Crippen molar-refractivity contribution in [3.63, 3.8) is 0 Å². The van der Waals surface area contributed by atoms with E-state index in [1.54, 1.807) is 24.3 Å². The van der Waals surface area contributed by atoms with Gasteiger partial charge in [0.1, 0.15) is 0 Å². The molecule has 90 valence electrons. The number of carbonyl (C=O) groups is 1. The van der Waals surface area contributed by atoms with Crippen molar-refractivity contribution in [1.82, 2.24) is 0 Å². The molecule has 2 nitrogen and oxygen atoms in total. The minimum Gasteiger partial charge on any atom is -0.481 e. The van der Waals surface area contributed by atoms with Gasteiger partial charge in [-0.05, 0) is 6.07 Å². The van der Waals surface area contributed by atoms with Gasteiger partial charge in [-0.25, -0.2) is 8.78 Å². The predicted molar refractivity (Wildman–Crippen MR) is 62.6 cm³/mol. The fourth-order valence-electron chi connectivity index (χ4n) is 1.66. The van der Waals surface area contributed by atoms with Crippen LogP contribution in [0.3, 0.4) is 0 Å². The van der Waals surface area contributed by atoms with Crippen LogP contribution in [-0.4, -0.2) is 11.1 Å². The normalized spacial score (nSPS) is 11.9. The number of alkyl halides is 2. The van der Waals surface area contributed by atoms with Crippen LogP contribution >= 0.6 is 11.3 Å². The Morgan fingerprint density at radius 3 is 2.76 bits per heavy atom. The van der Waals surface area contributed by atoms with Gasteiger partial charge < -0.3 is 5.11 Å². The van der Waals surface area contributed by atoms with E-state index in [0.29, 0.717) is 5.39 Å². The molecule has 1 aromatic carbocycles. The van der Waals surface area contributed by atoms with Crippen LogP contribution in [0.5, 0.6) is 0 Å². The van der Waals surface area contributed by atoms with Crippen LogP contribution < -0.4 is 0 Å². The first-order valence-electron chi connectivity index (χ1n) is 5.07. The van der Waals surface area contributed by atoms with Crippen LogP contribution in [-0.2, 0) is 10.7 Å². The number of hydrogen-bond donors (Lipinski definition) is 1. The monoisotopic (exact) mass is 256 g/mol. The topological polar surface area (TPSA) is 37.3 Å². The Hall–Kier alpha value is -1.49. The second-order valence-electron chi connectivity index (χ2n) is 3.74. The van der Waals surface area contributed by atoms with Crippen molar-refractivity contribution in [3.8, 4) is 0 Å². The van der Waals surface area contributed by atoms with E-state index in [9.17, 15) is 13.6 Å². The lowest BCUT2D eigenvalue weighted by Gasteiger charge is -2.14. The van der Waals surface area contributed by atoms with E-state index in [2.05, 4.69) is 0 Å². The van der Waals surface area contributed by atoms with Gasteiger partial charge in [0, 0.05) is 27.5 Å². The van der Waals surface area contributed by atoms with Gasteiger partial charge in [0.05, 0.1) is 6.42 Å². The molecule has 1 N–H and O–H groups in total. The van der Waals surface area contributed by atoms with E-state index in [0.717, 1.165) is 4.70 Å². The van der Waals surface area contributed by atoms with Gasteiger partial charge in [-0.3, -0.25) is 4.79 Å². The van der Waals surface area contributed by atoms with Gasteiger partial charge in [0.15, 0.2) is 0 Å². The van der Waals surface area contributed by atoms with Crippen LogP contribution in [0.4, 0.5) is 8.78 Å². The summed E-state index contributed by atoms with van der Waals surface area (Å²) in [5.74, 6) is -4.29. The molecule has 0 saturated heterocycles. The lowest BCUT2D eigenvalue weighted by molar-refractivity contribution is -0.139. The molecular formula is C12H10F2O2S. The second-order valence-corrected chi connectivity index (χ2v) is 4.65. The Labute approximate surface area is 101 Å². The number of thiophene rings is 1. The zero-order chi connectivity index (χ0) is 12.5. The minimum atomic E-state index is -3.09. The zero-order valence-electron chi connectivity index (χ0n) is 8.82. The molecule has 0 aliphatic rings. The van der Waals surface area contributed by atoms with Crippen LogP contribution in [0.2, 0.25) is 0 Å². The molecule has 1 aromatic heterocycles. The fourth-order valence-corrected chi connectivity index (χ4v) is 2.67. The number of benzene rings is 1. The highest BCUT2D eigenvalue weighted by molar-refractivity contribution is 7.17. The molecule has 0 unspecified atom stereocenters. The number of halogens is 2. The first kappa shape index (κ1) is 12.0. The average Bonchev–Trinajstić information content (AvgIpc) is 2.71. The molecule has 5 heteroatoms. The van der Waals surface area contributed by atoms with E-state index in [1.807, 2.05) is 0 Å². The molecule has 0 radical (unpaired) electrons. The van der Waals surface area contributed by atoms with E-state index in [-0.39, 0.29) is 5.56 Å². The number of hydrogen-bond acceptors (Lipinski definition) is 2. The highest BCUT2D eigenvalue weighted by Crippen LogP contribution is 2.40. The van der Waals surface area contributed by atoms with Gasteiger partial charge in [-0.15, -0.1) is 11.3 Å². The minimum absolute atomic E-state index is 0.0700. The molecule has 0 amide bonds. The molecule has 0 bridgehead atoms. The molecule has 0 aliphatic heterocycles. The molecule has 0 aliphatic carbocycles. The summed E-state index contributed by atoms with van der Waals surface area (Å²) < 4.78 is 28.4. The lowest BCUT2D eigenvalue weighted by Crippen LogP contribution is -2.14. The fraction of sp³-hybridized carbons (Fsp3) is 0.250. The van der Waals surface area contributed by atoms with Gasteiger partial charge in [0.2, 0.25) is 0 Å². The Kier molecular flexibility index (Phi) is 3.11. The summed E-state index contributed by atoms with van der Waals surface area (Å²) in [4.78, 5) is 10.3. The van der Waals surface area contributed by atoms with E-state index in [4.69, 9.17) is 5.11 Å². The summed E-state index contributed by atoms with van der Waals surface area (Å²) in [7, 11) is 0. The summed E-state index contributed by atoms with van der Waals surface area (Å²) in [6.45, 7) is 0. The summed E-state index contributed by atoms with van der Waals surface area (Å²) in [6.07, 6.45) is -1.19. The molecule has 2 aromatic rings. The van der Waals surface area contributed by atoms with E-state index in [1.165, 1.54) is 16.7 Å². The lowest BCUT2D eigenvalue weighted by atomic mass is 10.0. The number of carboxylic acid groups (broad SMARTS) is 1.